The van der Waals surface area contributed by atoms with Gasteiger partial charge in [-0.05, 0) is 31.5 Å². The Kier molecular flexibility index (Phi) is 4.68. The lowest BCUT2D eigenvalue weighted by Crippen LogP contribution is -2.20. The number of aryl methyl sites for hydroxylation is 2. The van der Waals surface area contributed by atoms with Gasteiger partial charge in [0.2, 0.25) is 5.91 Å². The summed E-state index contributed by atoms with van der Waals surface area (Å²) >= 11 is 0. The highest BCUT2D eigenvalue weighted by Crippen LogP contribution is 2.21. The number of anilines is 1. The Morgan fingerprint density at radius 1 is 1.39 bits per heavy atom. The van der Waals surface area contributed by atoms with E-state index in [1.165, 1.54) is 28.9 Å². The van der Waals surface area contributed by atoms with E-state index in [0.29, 0.717) is 16.9 Å². The molecule has 1 amide bonds. The number of amides is 1. The van der Waals surface area contributed by atoms with Crippen molar-refractivity contribution in [1.29, 1.82) is 0 Å². The second-order valence-corrected chi connectivity index (χ2v) is 4.97. The summed E-state index contributed by atoms with van der Waals surface area (Å²) in [5, 5.41) is 16.9. The summed E-state index contributed by atoms with van der Waals surface area (Å²) in [6.45, 7) is 2.97. The Hall–Kier alpha value is -2.84. The predicted molar refractivity (Wildman–Crippen MR) is 78.4 cm³/mol. The average Bonchev–Trinajstić information content (AvgIpc) is 2.82. The van der Waals surface area contributed by atoms with E-state index in [1.54, 1.807) is 13.8 Å². The van der Waals surface area contributed by atoms with Crippen LogP contribution in [0.2, 0.25) is 0 Å². The fraction of sp³-hybridized carbons (Fsp3) is 0.286. The molecular formula is C14H14F2N4O3. The molecule has 0 saturated heterocycles. The van der Waals surface area contributed by atoms with Gasteiger partial charge in [-0.3, -0.25) is 19.6 Å². The number of nitrogens with zero attached hydrogens (tertiary/aromatic N) is 3. The summed E-state index contributed by atoms with van der Waals surface area (Å²) in [5.74, 6) is -0.464. The molecule has 0 atom stereocenters. The maximum Gasteiger partial charge on any atom is 0.282 e. The van der Waals surface area contributed by atoms with Crippen molar-refractivity contribution in [2.24, 2.45) is 0 Å². The third-order valence-corrected chi connectivity index (χ3v) is 3.21. The van der Waals surface area contributed by atoms with E-state index in [4.69, 9.17) is 0 Å². The van der Waals surface area contributed by atoms with Crippen LogP contribution < -0.4 is 5.32 Å². The molecule has 0 saturated carbocycles. The van der Waals surface area contributed by atoms with E-state index in [1.807, 2.05) is 0 Å². The minimum Gasteiger partial charge on any atom is -0.324 e. The molecule has 2 rings (SSSR count). The number of carbonyl (C=O) groups is 1. The number of halogens is 2. The molecule has 122 valence electrons. The van der Waals surface area contributed by atoms with E-state index in [0.717, 1.165) is 0 Å². The Balaban J connectivity index is 2.09. The lowest BCUT2D eigenvalue weighted by molar-refractivity contribution is -0.384. The van der Waals surface area contributed by atoms with Crippen LogP contribution in [0.15, 0.2) is 24.3 Å². The highest BCUT2D eigenvalue weighted by molar-refractivity contribution is 5.91. The largest absolute Gasteiger partial charge is 0.324 e. The fourth-order valence-corrected chi connectivity index (χ4v) is 2.03. The van der Waals surface area contributed by atoms with Crippen molar-refractivity contribution < 1.29 is 18.5 Å². The van der Waals surface area contributed by atoms with Crippen molar-refractivity contribution in [1.82, 2.24) is 9.78 Å². The molecule has 0 radical (unpaired) electrons. The van der Waals surface area contributed by atoms with E-state index < -0.39 is 17.3 Å². The summed E-state index contributed by atoms with van der Waals surface area (Å²) in [5.41, 5.74) is 0.917. The zero-order valence-electron chi connectivity index (χ0n) is 12.4. The van der Waals surface area contributed by atoms with Crippen LogP contribution in [0, 0.1) is 24.0 Å². The summed E-state index contributed by atoms with van der Waals surface area (Å²) in [4.78, 5) is 22.1. The topological polar surface area (TPSA) is 90.1 Å². The molecule has 1 N–H and O–H groups in total. The molecule has 23 heavy (non-hydrogen) atoms. The van der Waals surface area contributed by atoms with Gasteiger partial charge in [-0.1, -0.05) is 0 Å². The Morgan fingerprint density at radius 3 is 2.61 bits per heavy atom. The molecule has 0 bridgehead atoms. The third kappa shape index (κ3) is 3.87. The van der Waals surface area contributed by atoms with Crippen LogP contribution in [0.5, 0.6) is 0 Å². The van der Waals surface area contributed by atoms with Gasteiger partial charge in [0.05, 0.1) is 4.92 Å². The summed E-state index contributed by atoms with van der Waals surface area (Å²) in [6.07, 6.45) is -2.70. The maximum atomic E-state index is 12.6. The second-order valence-electron chi connectivity index (χ2n) is 4.97. The number of non-ortho nitro benzene ring substituents is 1. The van der Waals surface area contributed by atoms with Crippen molar-refractivity contribution in [2.75, 3.05) is 5.32 Å². The third-order valence-electron chi connectivity index (χ3n) is 3.21. The molecule has 0 unspecified atom stereocenters. The number of nitro benzene ring substituents is 1. The van der Waals surface area contributed by atoms with E-state index >= 15 is 0 Å². The van der Waals surface area contributed by atoms with Gasteiger partial charge < -0.3 is 5.32 Å². The van der Waals surface area contributed by atoms with Gasteiger partial charge in [-0.15, -0.1) is 0 Å². The van der Waals surface area contributed by atoms with E-state index in [-0.39, 0.29) is 17.9 Å². The van der Waals surface area contributed by atoms with Gasteiger partial charge in [0, 0.05) is 23.5 Å². The number of aromatic nitrogens is 2. The maximum absolute atomic E-state index is 12.6. The molecule has 1 aromatic carbocycles. The number of nitrogens with one attached hydrogen (secondary N) is 1. The molecular weight excluding hydrogens is 310 g/mol. The number of nitro groups is 1. The number of benzene rings is 1. The number of carbonyl (C=O) groups excluding carboxylic acids is 1. The van der Waals surface area contributed by atoms with E-state index in [2.05, 4.69) is 10.4 Å². The van der Waals surface area contributed by atoms with Crippen LogP contribution in [0.4, 0.5) is 20.2 Å². The summed E-state index contributed by atoms with van der Waals surface area (Å²) in [7, 11) is 0. The fourth-order valence-electron chi connectivity index (χ4n) is 2.03. The molecule has 0 aliphatic heterocycles. The van der Waals surface area contributed by atoms with Gasteiger partial charge in [-0.2, -0.15) is 5.10 Å². The highest BCUT2D eigenvalue weighted by Gasteiger charge is 2.16. The molecule has 7 nitrogen and oxygen atoms in total. The van der Waals surface area contributed by atoms with Crippen LogP contribution in [0.3, 0.4) is 0 Å². The van der Waals surface area contributed by atoms with Crippen LogP contribution >= 0.6 is 0 Å². The van der Waals surface area contributed by atoms with Gasteiger partial charge >= 0.3 is 0 Å². The van der Waals surface area contributed by atoms with E-state index in [9.17, 15) is 23.7 Å². The number of alkyl halides is 2. The zero-order chi connectivity index (χ0) is 17.1. The molecule has 1 heterocycles. The zero-order valence-corrected chi connectivity index (χ0v) is 12.4. The first kappa shape index (κ1) is 16.5. The van der Waals surface area contributed by atoms with Crippen molar-refractivity contribution in [3.05, 3.63) is 51.3 Å². The lowest BCUT2D eigenvalue weighted by Gasteiger charge is -2.09. The monoisotopic (exact) mass is 324 g/mol. The van der Waals surface area contributed by atoms with Gasteiger partial charge in [-0.25, -0.2) is 8.78 Å². The predicted octanol–water partition coefficient (Wildman–Crippen LogP) is 2.98. The quantitative estimate of drug-likeness (QED) is 0.676. The molecule has 1 aromatic heterocycles. The summed E-state index contributed by atoms with van der Waals surface area (Å²) in [6, 6.07) is 5.25. The van der Waals surface area contributed by atoms with Crippen molar-refractivity contribution in [3.63, 3.8) is 0 Å². The Labute approximate surface area is 130 Å². The number of rotatable bonds is 5. The highest BCUT2D eigenvalue weighted by atomic mass is 19.3. The van der Waals surface area contributed by atoms with Crippen LogP contribution in [0.1, 0.15) is 23.4 Å². The van der Waals surface area contributed by atoms with Crippen LogP contribution in [0.25, 0.3) is 0 Å². The minimum atomic E-state index is -2.70. The molecule has 0 aliphatic rings. The normalized spacial score (nSPS) is 10.8. The molecule has 0 spiro atoms. The smallest absolute Gasteiger partial charge is 0.282 e. The van der Waals surface area contributed by atoms with Crippen LogP contribution in [-0.2, 0) is 11.3 Å². The van der Waals surface area contributed by atoms with Crippen molar-refractivity contribution in [2.45, 2.75) is 26.8 Å². The molecule has 2 aromatic rings. The first-order valence-corrected chi connectivity index (χ1v) is 6.65. The molecule has 0 fully saturated rings. The minimum absolute atomic E-state index is 0.0787. The van der Waals surface area contributed by atoms with Crippen molar-refractivity contribution >= 4 is 17.3 Å². The number of hydrogen-bond donors (Lipinski definition) is 1. The van der Waals surface area contributed by atoms with Crippen molar-refractivity contribution in [3.8, 4) is 0 Å². The standard InChI is InChI=1S/C14H14F2N4O3/c1-8-5-10(20(22)23)3-4-11(8)17-13(21)7-19-9(2)6-12(18-19)14(15)16/h3-6,14H,7H2,1-2H3,(H,17,21). The first-order valence-electron chi connectivity index (χ1n) is 6.65. The second kappa shape index (κ2) is 6.51. The Morgan fingerprint density at radius 2 is 2.09 bits per heavy atom. The van der Waals surface area contributed by atoms with Gasteiger partial charge in [0.1, 0.15) is 12.2 Å². The average molecular weight is 324 g/mol. The molecule has 0 aliphatic carbocycles. The first-order chi connectivity index (χ1) is 10.8. The number of hydrogen-bond acceptors (Lipinski definition) is 4. The van der Waals surface area contributed by atoms with Gasteiger partial charge in [0.25, 0.3) is 12.1 Å². The van der Waals surface area contributed by atoms with Gasteiger partial charge in [0.15, 0.2) is 0 Å². The molecule has 9 heteroatoms. The lowest BCUT2D eigenvalue weighted by atomic mass is 10.2. The SMILES string of the molecule is Cc1cc([N+](=O)[O-])ccc1NC(=O)Cn1nc(C(F)F)cc1C. The summed E-state index contributed by atoms with van der Waals surface area (Å²) < 4.78 is 26.3. The van der Waals surface area contributed by atoms with Crippen LogP contribution in [-0.4, -0.2) is 20.6 Å². The Bertz CT molecular complexity index is 758.